The van der Waals surface area contributed by atoms with Gasteiger partial charge in [-0.2, -0.15) is 0 Å². The largest absolute Gasteiger partial charge is 0.497 e. The second-order valence-corrected chi connectivity index (χ2v) is 4.79. The number of hydrogen-bond donors (Lipinski definition) is 0. The number of Topliss-reactive ketones (excluding diaryl/α,β-unsaturated/α-hetero) is 1. The van der Waals surface area contributed by atoms with Gasteiger partial charge >= 0.3 is 0 Å². The highest BCUT2D eigenvalue weighted by molar-refractivity contribution is 9.10. The number of benzene rings is 1. The van der Waals surface area contributed by atoms with Crippen molar-refractivity contribution in [3.05, 3.63) is 23.8 Å². The van der Waals surface area contributed by atoms with E-state index in [-0.39, 0.29) is 10.6 Å². The van der Waals surface area contributed by atoms with Gasteiger partial charge in [-0.1, -0.05) is 29.3 Å². The van der Waals surface area contributed by atoms with Crippen molar-refractivity contribution in [3.8, 4) is 11.5 Å². The lowest BCUT2D eigenvalue weighted by Gasteiger charge is -2.12. The summed E-state index contributed by atoms with van der Waals surface area (Å²) in [4.78, 5) is 12.0. The van der Waals surface area contributed by atoms with Gasteiger partial charge in [0.05, 0.1) is 24.6 Å². The van der Waals surface area contributed by atoms with Crippen molar-refractivity contribution in [2.45, 2.75) is 24.6 Å². The Labute approximate surface area is 110 Å². The van der Waals surface area contributed by atoms with Crippen LogP contribution in [-0.2, 0) is 0 Å². The van der Waals surface area contributed by atoms with Crippen molar-refractivity contribution in [2.75, 3.05) is 14.2 Å². The molecule has 1 unspecified atom stereocenters. The summed E-state index contributed by atoms with van der Waals surface area (Å²) >= 11 is 3.40. The van der Waals surface area contributed by atoms with E-state index in [2.05, 4.69) is 15.9 Å². The molecule has 0 heterocycles. The molecule has 0 saturated carbocycles. The molecule has 0 saturated heterocycles. The van der Waals surface area contributed by atoms with Crippen molar-refractivity contribution >= 4 is 21.7 Å². The molecule has 3 nitrogen and oxygen atoms in total. The van der Waals surface area contributed by atoms with Crippen LogP contribution in [0.3, 0.4) is 0 Å². The van der Waals surface area contributed by atoms with E-state index in [9.17, 15) is 4.79 Å². The Kier molecular flexibility index (Phi) is 5.48. The summed E-state index contributed by atoms with van der Waals surface area (Å²) in [7, 11) is 3.13. The molecule has 0 bridgehead atoms. The van der Waals surface area contributed by atoms with E-state index in [1.54, 1.807) is 32.4 Å². The summed E-state index contributed by atoms with van der Waals surface area (Å²) < 4.78 is 10.3. The molecule has 1 atom stereocenters. The second-order valence-electron chi connectivity index (χ2n) is 3.69. The average molecular weight is 301 g/mol. The van der Waals surface area contributed by atoms with Crippen molar-refractivity contribution in [2.24, 2.45) is 0 Å². The van der Waals surface area contributed by atoms with Crippen molar-refractivity contribution < 1.29 is 14.3 Å². The molecule has 94 valence electrons. The smallest absolute Gasteiger partial charge is 0.180 e. The van der Waals surface area contributed by atoms with Crippen LogP contribution in [-0.4, -0.2) is 24.8 Å². The number of halogens is 1. The van der Waals surface area contributed by atoms with Gasteiger partial charge in [-0.15, -0.1) is 0 Å². The van der Waals surface area contributed by atoms with Crippen LogP contribution in [0.15, 0.2) is 18.2 Å². The van der Waals surface area contributed by atoms with Gasteiger partial charge in [-0.05, 0) is 24.6 Å². The Morgan fingerprint density at radius 3 is 2.59 bits per heavy atom. The third-order valence-corrected chi connectivity index (χ3v) is 3.37. The lowest BCUT2D eigenvalue weighted by Crippen LogP contribution is -2.15. The number of carbonyl (C=O) groups is 1. The fourth-order valence-corrected chi connectivity index (χ4v) is 2.26. The van der Waals surface area contributed by atoms with Gasteiger partial charge in [0.1, 0.15) is 11.5 Å². The molecule has 1 rings (SSSR count). The quantitative estimate of drug-likeness (QED) is 0.596. The van der Waals surface area contributed by atoms with Gasteiger partial charge < -0.3 is 9.47 Å². The number of rotatable bonds is 6. The van der Waals surface area contributed by atoms with E-state index in [0.717, 1.165) is 12.8 Å². The first-order chi connectivity index (χ1) is 8.13. The zero-order valence-electron chi connectivity index (χ0n) is 10.3. The van der Waals surface area contributed by atoms with Gasteiger partial charge in [0, 0.05) is 0 Å². The molecule has 1 aromatic rings. The third-order valence-electron chi connectivity index (χ3n) is 2.50. The normalized spacial score (nSPS) is 12.0. The summed E-state index contributed by atoms with van der Waals surface area (Å²) in [5.41, 5.74) is 0.558. The molecule has 0 aliphatic carbocycles. The number of alkyl halides is 1. The first-order valence-corrected chi connectivity index (χ1v) is 6.45. The Morgan fingerprint density at radius 1 is 1.35 bits per heavy atom. The van der Waals surface area contributed by atoms with E-state index in [0.29, 0.717) is 17.1 Å². The van der Waals surface area contributed by atoms with Gasteiger partial charge in [-0.25, -0.2) is 0 Å². The molecule has 0 fully saturated rings. The molecule has 0 amide bonds. The highest BCUT2D eigenvalue weighted by Gasteiger charge is 2.20. The maximum Gasteiger partial charge on any atom is 0.180 e. The average Bonchev–Trinajstić information content (AvgIpc) is 2.37. The van der Waals surface area contributed by atoms with Crippen LogP contribution in [0, 0.1) is 0 Å². The standard InChI is InChI=1S/C13H17BrO3/c1-4-5-11(14)13(15)10-8-9(16-2)6-7-12(10)17-3/h6-8,11H,4-5H2,1-3H3. The summed E-state index contributed by atoms with van der Waals surface area (Å²) in [6.45, 7) is 2.05. The van der Waals surface area contributed by atoms with Crippen molar-refractivity contribution in [1.29, 1.82) is 0 Å². The SMILES string of the molecule is CCCC(Br)C(=O)c1cc(OC)ccc1OC. The Bertz CT molecular complexity index is 390. The summed E-state index contributed by atoms with van der Waals surface area (Å²) in [5, 5.41) is 0. The lowest BCUT2D eigenvalue weighted by molar-refractivity contribution is 0.0985. The maximum atomic E-state index is 12.2. The molecule has 0 radical (unpaired) electrons. The fraction of sp³-hybridized carbons (Fsp3) is 0.462. The molecular formula is C13H17BrO3. The highest BCUT2D eigenvalue weighted by atomic mass is 79.9. The molecule has 1 aromatic carbocycles. The first kappa shape index (κ1) is 14.0. The first-order valence-electron chi connectivity index (χ1n) is 5.54. The minimum atomic E-state index is -0.173. The molecule has 0 aliphatic heterocycles. The van der Waals surface area contributed by atoms with Crippen LogP contribution in [0.1, 0.15) is 30.1 Å². The van der Waals surface area contributed by atoms with E-state index >= 15 is 0 Å². The Balaban J connectivity index is 3.05. The van der Waals surface area contributed by atoms with Gasteiger partial charge in [0.25, 0.3) is 0 Å². The van der Waals surface area contributed by atoms with Gasteiger partial charge in [0.2, 0.25) is 0 Å². The number of ether oxygens (including phenoxy) is 2. The Morgan fingerprint density at radius 2 is 2.06 bits per heavy atom. The van der Waals surface area contributed by atoms with Crippen LogP contribution >= 0.6 is 15.9 Å². The van der Waals surface area contributed by atoms with Gasteiger partial charge in [0.15, 0.2) is 5.78 Å². The van der Waals surface area contributed by atoms with E-state index in [1.165, 1.54) is 0 Å². The monoisotopic (exact) mass is 300 g/mol. The van der Waals surface area contributed by atoms with E-state index in [4.69, 9.17) is 9.47 Å². The summed E-state index contributed by atoms with van der Waals surface area (Å²) in [6.07, 6.45) is 1.76. The summed E-state index contributed by atoms with van der Waals surface area (Å²) in [5.74, 6) is 1.27. The Hall–Kier alpha value is -1.03. The van der Waals surface area contributed by atoms with Crippen LogP contribution in [0.5, 0.6) is 11.5 Å². The molecule has 17 heavy (non-hydrogen) atoms. The second kappa shape index (κ2) is 6.64. The number of ketones is 1. The van der Waals surface area contributed by atoms with Crippen LogP contribution in [0.25, 0.3) is 0 Å². The van der Waals surface area contributed by atoms with Crippen LogP contribution in [0.2, 0.25) is 0 Å². The lowest BCUT2D eigenvalue weighted by atomic mass is 10.0. The molecule has 0 spiro atoms. The van der Waals surface area contributed by atoms with Crippen molar-refractivity contribution in [3.63, 3.8) is 0 Å². The molecular weight excluding hydrogens is 284 g/mol. The minimum Gasteiger partial charge on any atom is -0.497 e. The van der Waals surface area contributed by atoms with Gasteiger partial charge in [-0.3, -0.25) is 4.79 Å². The van der Waals surface area contributed by atoms with Crippen LogP contribution in [0.4, 0.5) is 0 Å². The predicted octanol–water partition coefficient (Wildman–Crippen LogP) is 3.45. The third kappa shape index (κ3) is 3.46. The van der Waals surface area contributed by atoms with E-state index < -0.39 is 0 Å². The summed E-state index contributed by atoms with van der Waals surface area (Å²) in [6, 6.07) is 5.24. The molecule has 0 N–H and O–H groups in total. The minimum absolute atomic E-state index is 0.0302. The van der Waals surface area contributed by atoms with Crippen LogP contribution < -0.4 is 9.47 Å². The zero-order valence-corrected chi connectivity index (χ0v) is 11.9. The zero-order chi connectivity index (χ0) is 12.8. The van der Waals surface area contributed by atoms with E-state index in [1.807, 2.05) is 6.92 Å². The number of hydrogen-bond acceptors (Lipinski definition) is 3. The molecule has 4 heteroatoms. The predicted molar refractivity (Wildman–Crippen MR) is 71.5 cm³/mol. The number of carbonyl (C=O) groups excluding carboxylic acids is 1. The molecule has 0 aliphatic rings. The maximum absolute atomic E-state index is 12.2. The fourth-order valence-electron chi connectivity index (χ4n) is 1.56. The number of methoxy groups -OCH3 is 2. The topological polar surface area (TPSA) is 35.5 Å². The highest BCUT2D eigenvalue weighted by Crippen LogP contribution is 2.27. The molecule has 0 aromatic heterocycles. The van der Waals surface area contributed by atoms with Crippen molar-refractivity contribution in [1.82, 2.24) is 0 Å².